The number of hydrogen-bond acceptors (Lipinski definition) is 15. The molecule has 0 radical (unpaired) electrons. The standard InChI is InChI=1S/C71H138O17P2/c1-9-64(8)50-42-34-25-19-14-12-10-11-13-15-20-26-35-43-51-68(73)81-57-66(87-70(75)53-45-37-27-21-17-16-18-23-31-39-47-61(2)3)59-85-89(77,78)83-55-65(72)56-84-90(79,80)86-60-67(88-71(76)54-46-38-30-29-33-41-49-63(6)7)58-82-69(74)52-44-36-28-22-24-32-40-48-62(4)5/h61-67,72H,9-60H2,1-8H3,(H,77,78)(H,79,80)/t64?,65?,66-,67-/m1/s1. The Balaban J connectivity index is 5.20. The first-order chi connectivity index (χ1) is 43.1. The smallest absolute Gasteiger partial charge is 0.462 e. The summed E-state index contributed by atoms with van der Waals surface area (Å²) in [4.78, 5) is 72.5. The van der Waals surface area contributed by atoms with Crippen LogP contribution in [0.1, 0.15) is 351 Å². The van der Waals surface area contributed by atoms with E-state index in [9.17, 15) is 43.2 Å². The monoisotopic (exact) mass is 1320 g/mol. The van der Waals surface area contributed by atoms with E-state index in [0.29, 0.717) is 37.5 Å². The Morgan fingerprint density at radius 3 is 0.789 bits per heavy atom. The van der Waals surface area contributed by atoms with Crippen LogP contribution < -0.4 is 0 Å². The van der Waals surface area contributed by atoms with Crippen LogP contribution in [-0.4, -0.2) is 96.7 Å². The fourth-order valence-corrected chi connectivity index (χ4v) is 12.2. The molecule has 0 aliphatic rings. The number of unbranched alkanes of at least 4 members (excludes halogenated alkanes) is 33. The quantitative estimate of drug-likeness (QED) is 0.0222. The summed E-state index contributed by atoms with van der Waals surface area (Å²) in [7, 11) is -9.90. The molecule has 0 rings (SSSR count). The molecule has 6 atom stereocenters. The topological polar surface area (TPSA) is 237 Å². The maximum Gasteiger partial charge on any atom is 0.472 e. The van der Waals surface area contributed by atoms with Crippen LogP contribution in [0, 0.1) is 23.7 Å². The summed E-state index contributed by atoms with van der Waals surface area (Å²) in [5.74, 6) is 0.843. The van der Waals surface area contributed by atoms with E-state index in [-0.39, 0.29) is 25.7 Å². The lowest BCUT2D eigenvalue weighted by Gasteiger charge is -2.21. The first kappa shape index (κ1) is 88.1. The minimum Gasteiger partial charge on any atom is -0.462 e. The van der Waals surface area contributed by atoms with Crippen molar-refractivity contribution in [3.63, 3.8) is 0 Å². The highest BCUT2D eigenvalue weighted by Crippen LogP contribution is 2.45. The van der Waals surface area contributed by atoms with Crippen molar-refractivity contribution in [3.05, 3.63) is 0 Å². The van der Waals surface area contributed by atoms with Crippen LogP contribution in [0.2, 0.25) is 0 Å². The number of aliphatic hydroxyl groups excluding tert-OH is 1. The lowest BCUT2D eigenvalue weighted by molar-refractivity contribution is -0.161. The minimum absolute atomic E-state index is 0.101. The highest BCUT2D eigenvalue weighted by Gasteiger charge is 2.30. The second kappa shape index (κ2) is 60.7. The van der Waals surface area contributed by atoms with Crippen LogP contribution in [0.5, 0.6) is 0 Å². The van der Waals surface area contributed by atoms with Gasteiger partial charge in [0.1, 0.15) is 19.3 Å². The van der Waals surface area contributed by atoms with Crippen molar-refractivity contribution in [2.75, 3.05) is 39.6 Å². The van der Waals surface area contributed by atoms with E-state index >= 15 is 0 Å². The molecule has 0 heterocycles. The van der Waals surface area contributed by atoms with Gasteiger partial charge in [0.2, 0.25) is 0 Å². The van der Waals surface area contributed by atoms with Crippen molar-refractivity contribution in [3.8, 4) is 0 Å². The number of phosphoric ester groups is 2. The molecule has 534 valence electrons. The van der Waals surface area contributed by atoms with Crippen molar-refractivity contribution in [1.29, 1.82) is 0 Å². The molecule has 0 aromatic heterocycles. The zero-order valence-corrected chi connectivity index (χ0v) is 60.6. The molecule has 0 fully saturated rings. The van der Waals surface area contributed by atoms with E-state index in [2.05, 4.69) is 55.4 Å². The molecule has 0 saturated carbocycles. The fraction of sp³-hybridized carbons (Fsp3) is 0.944. The highest BCUT2D eigenvalue weighted by molar-refractivity contribution is 7.47. The summed E-state index contributed by atoms with van der Waals surface area (Å²) < 4.78 is 68.2. The largest absolute Gasteiger partial charge is 0.472 e. The molecule has 19 heteroatoms. The Labute approximate surface area is 549 Å². The average molecular weight is 1330 g/mol. The Morgan fingerprint density at radius 1 is 0.311 bits per heavy atom. The number of ether oxygens (including phenoxy) is 4. The van der Waals surface area contributed by atoms with Crippen molar-refractivity contribution in [2.24, 2.45) is 23.7 Å². The molecule has 17 nitrogen and oxygen atoms in total. The maximum atomic E-state index is 13.0. The third kappa shape index (κ3) is 63.5. The summed E-state index contributed by atoms with van der Waals surface area (Å²) in [6, 6.07) is 0. The van der Waals surface area contributed by atoms with E-state index in [1.807, 2.05) is 0 Å². The van der Waals surface area contributed by atoms with E-state index in [1.165, 1.54) is 148 Å². The summed E-state index contributed by atoms with van der Waals surface area (Å²) in [5, 5.41) is 10.6. The molecule has 0 aromatic carbocycles. The maximum absolute atomic E-state index is 13.0. The van der Waals surface area contributed by atoms with Gasteiger partial charge in [0, 0.05) is 25.7 Å². The molecule has 0 aliphatic heterocycles. The molecular formula is C71H138O17P2. The summed E-state index contributed by atoms with van der Waals surface area (Å²) >= 11 is 0. The van der Waals surface area contributed by atoms with Crippen LogP contribution in [0.15, 0.2) is 0 Å². The fourth-order valence-electron chi connectivity index (χ4n) is 10.6. The van der Waals surface area contributed by atoms with E-state index in [0.717, 1.165) is 108 Å². The van der Waals surface area contributed by atoms with Crippen LogP contribution in [0.3, 0.4) is 0 Å². The molecule has 0 aromatic rings. The molecule has 0 amide bonds. The summed E-state index contributed by atoms with van der Waals surface area (Å²) in [6.45, 7) is 14.1. The van der Waals surface area contributed by atoms with Gasteiger partial charge in [0.15, 0.2) is 12.2 Å². The zero-order chi connectivity index (χ0) is 66.8. The lowest BCUT2D eigenvalue weighted by atomic mass is 9.99. The zero-order valence-electron chi connectivity index (χ0n) is 58.8. The molecule has 0 bridgehead atoms. The SMILES string of the molecule is CCC(C)CCCCCCCCCCCCCCCCC(=O)OC[C@H](COP(=O)(O)OCC(O)COP(=O)(O)OC[C@@H](COC(=O)CCCCCCCCCC(C)C)OC(=O)CCCCCCCCC(C)C)OC(=O)CCCCCCCCCCCCC(C)C. The Kier molecular flexibility index (Phi) is 59.4. The van der Waals surface area contributed by atoms with Gasteiger partial charge in [-0.2, -0.15) is 0 Å². The van der Waals surface area contributed by atoms with E-state index in [1.54, 1.807) is 0 Å². The lowest BCUT2D eigenvalue weighted by Crippen LogP contribution is -2.30. The minimum atomic E-state index is -4.95. The van der Waals surface area contributed by atoms with Crippen molar-refractivity contribution >= 4 is 39.5 Å². The first-order valence-electron chi connectivity index (χ1n) is 36.7. The normalized spacial score (nSPS) is 14.6. The molecule has 0 saturated heterocycles. The number of hydrogen-bond donors (Lipinski definition) is 3. The Bertz CT molecular complexity index is 1780. The van der Waals surface area contributed by atoms with Gasteiger partial charge in [-0.25, -0.2) is 9.13 Å². The van der Waals surface area contributed by atoms with E-state index in [4.69, 9.17) is 37.0 Å². The Hall–Kier alpha value is -1.94. The third-order valence-corrected chi connectivity index (χ3v) is 18.6. The van der Waals surface area contributed by atoms with Crippen molar-refractivity contribution in [2.45, 2.75) is 369 Å². The van der Waals surface area contributed by atoms with Crippen molar-refractivity contribution in [1.82, 2.24) is 0 Å². The van der Waals surface area contributed by atoms with Gasteiger partial charge >= 0.3 is 39.5 Å². The number of rotatable bonds is 68. The number of esters is 4. The van der Waals surface area contributed by atoms with E-state index < -0.39 is 97.5 Å². The molecule has 3 N–H and O–H groups in total. The second-order valence-corrected chi connectivity index (χ2v) is 30.2. The van der Waals surface area contributed by atoms with Crippen LogP contribution >= 0.6 is 15.6 Å². The van der Waals surface area contributed by atoms with Gasteiger partial charge < -0.3 is 33.8 Å². The first-order valence-corrected chi connectivity index (χ1v) is 39.7. The van der Waals surface area contributed by atoms with Gasteiger partial charge in [-0.15, -0.1) is 0 Å². The van der Waals surface area contributed by atoms with Crippen molar-refractivity contribution < 1.29 is 80.2 Å². The van der Waals surface area contributed by atoms with Gasteiger partial charge in [-0.3, -0.25) is 37.3 Å². The number of phosphoric acid groups is 2. The highest BCUT2D eigenvalue weighted by atomic mass is 31.2. The average Bonchev–Trinajstić information content (AvgIpc) is 2.75. The molecule has 0 spiro atoms. The number of aliphatic hydroxyl groups is 1. The third-order valence-electron chi connectivity index (χ3n) is 16.7. The second-order valence-electron chi connectivity index (χ2n) is 27.3. The summed E-state index contributed by atoms with van der Waals surface area (Å²) in [6.07, 6.45) is 43.3. The van der Waals surface area contributed by atoms with Gasteiger partial charge in [0.05, 0.1) is 26.4 Å². The van der Waals surface area contributed by atoms with Crippen LogP contribution in [0.4, 0.5) is 0 Å². The van der Waals surface area contributed by atoms with Crippen LogP contribution in [0.25, 0.3) is 0 Å². The molecule has 90 heavy (non-hydrogen) atoms. The van der Waals surface area contributed by atoms with Gasteiger partial charge in [-0.05, 0) is 49.4 Å². The Morgan fingerprint density at radius 2 is 0.533 bits per heavy atom. The summed E-state index contributed by atoms with van der Waals surface area (Å²) in [5.41, 5.74) is 0. The molecular weight excluding hydrogens is 1190 g/mol. The number of carbonyl (C=O) groups is 4. The molecule has 0 aliphatic carbocycles. The van der Waals surface area contributed by atoms with Gasteiger partial charge in [-0.1, -0.05) is 299 Å². The predicted molar refractivity (Wildman–Crippen MR) is 363 cm³/mol. The van der Waals surface area contributed by atoms with Crippen LogP contribution in [-0.2, 0) is 65.4 Å². The number of carbonyl (C=O) groups excluding carboxylic acids is 4. The van der Waals surface area contributed by atoms with Gasteiger partial charge in [0.25, 0.3) is 0 Å². The molecule has 4 unspecified atom stereocenters. The predicted octanol–water partition coefficient (Wildman–Crippen LogP) is 20.1.